The third-order valence-corrected chi connectivity index (χ3v) is 3.09. The highest BCUT2D eigenvalue weighted by molar-refractivity contribution is 5.45. The first kappa shape index (κ1) is 13.4. The van der Waals surface area contributed by atoms with Crippen LogP contribution in [0.4, 0.5) is 0 Å². The number of benzene rings is 1. The SMILES string of the molecule is CNC(c1cnn(C)c1)c1cc(OC)ccc1OC. The summed E-state index contributed by atoms with van der Waals surface area (Å²) in [7, 11) is 7.14. The van der Waals surface area contributed by atoms with Crippen LogP contribution in [0.3, 0.4) is 0 Å². The Kier molecular flexibility index (Phi) is 4.06. The summed E-state index contributed by atoms with van der Waals surface area (Å²) in [5, 5.41) is 7.50. The second-order valence-corrected chi connectivity index (χ2v) is 4.28. The van der Waals surface area contributed by atoms with Crippen LogP contribution >= 0.6 is 0 Å². The van der Waals surface area contributed by atoms with Gasteiger partial charge < -0.3 is 14.8 Å². The molecule has 1 N–H and O–H groups in total. The number of methoxy groups -OCH3 is 2. The Morgan fingerprint density at radius 3 is 2.58 bits per heavy atom. The van der Waals surface area contributed by atoms with Gasteiger partial charge in [-0.05, 0) is 25.2 Å². The molecule has 0 aliphatic rings. The standard InChI is InChI=1S/C14H19N3O2/c1-15-14(10-8-16-17(2)9-10)12-7-11(18-3)5-6-13(12)19-4/h5-9,14-15H,1-4H3. The fourth-order valence-electron chi connectivity index (χ4n) is 2.16. The largest absolute Gasteiger partial charge is 0.497 e. The summed E-state index contributed by atoms with van der Waals surface area (Å²) in [5.74, 6) is 1.63. The summed E-state index contributed by atoms with van der Waals surface area (Å²) < 4.78 is 12.5. The molecule has 0 aliphatic carbocycles. The van der Waals surface area contributed by atoms with Gasteiger partial charge in [-0.15, -0.1) is 0 Å². The highest BCUT2D eigenvalue weighted by Crippen LogP contribution is 2.32. The van der Waals surface area contributed by atoms with Crippen LogP contribution in [0.2, 0.25) is 0 Å². The van der Waals surface area contributed by atoms with Crippen LogP contribution < -0.4 is 14.8 Å². The van der Waals surface area contributed by atoms with Crippen LogP contribution in [0.1, 0.15) is 17.2 Å². The van der Waals surface area contributed by atoms with Gasteiger partial charge in [-0.2, -0.15) is 5.10 Å². The van der Waals surface area contributed by atoms with E-state index in [0.29, 0.717) is 0 Å². The van der Waals surface area contributed by atoms with Gasteiger partial charge in [-0.25, -0.2) is 0 Å². The number of hydrogen-bond donors (Lipinski definition) is 1. The predicted molar refractivity (Wildman–Crippen MR) is 73.7 cm³/mol. The van der Waals surface area contributed by atoms with Crippen molar-refractivity contribution in [3.05, 3.63) is 41.7 Å². The summed E-state index contributed by atoms with van der Waals surface area (Å²) >= 11 is 0. The molecule has 102 valence electrons. The van der Waals surface area contributed by atoms with E-state index in [1.54, 1.807) is 18.9 Å². The van der Waals surface area contributed by atoms with E-state index < -0.39 is 0 Å². The third-order valence-electron chi connectivity index (χ3n) is 3.09. The molecule has 0 saturated heterocycles. The van der Waals surface area contributed by atoms with Crippen molar-refractivity contribution < 1.29 is 9.47 Å². The highest BCUT2D eigenvalue weighted by Gasteiger charge is 2.18. The van der Waals surface area contributed by atoms with Crippen LogP contribution in [0.25, 0.3) is 0 Å². The number of hydrogen-bond acceptors (Lipinski definition) is 4. The molecule has 1 aromatic heterocycles. The molecule has 0 aliphatic heterocycles. The first-order chi connectivity index (χ1) is 9.19. The smallest absolute Gasteiger partial charge is 0.124 e. The molecule has 2 rings (SSSR count). The van der Waals surface area contributed by atoms with Crippen LogP contribution in [0, 0.1) is 0 Å². The lowest BCUT2D eigenvalue weighted by Gasteiger charge is -2.19. The monoisotopic (exact) mass is 261 g/mol. The van der Waals surface area contributed by atoms with E-state index >= 15 is 0 Å². The Labute approximate surface area is 113 Å². The Hall–Kier alpha value is -2.01. The van der Waals surface area contributed by atoms with E-state index in [1.165, 1.54) is 0 Å². The minimum absolute atomic E-state index is 0.0127. The highest BCUT2D eigenvalue weighted by atomic mass is 16.5. The number of nitrogens with zero attached hydrogens (tertiary/aromatic N) is 2. The van der Waals surface area contributed by atoms with Crippen molar-refractivity contribution in [3.8, 4) is 11.5 Å². The van der Waals surface area contributed by atoms with E-state index in [0.717, 1.165) is 22.6 Å². The number of ether oxygens (including phenoxy) is 2. The van der Waals surface area contributed by atoms with E-state index in [4.69, 9.17) is 9.47 Å². The fraction of sp³-hybridized carbons (Fsp3) is 0.357. The molecule has 0 amide bonds. The average molecular weight is 261 g/mol. The topological polar surface area (TPSA) is 48.3 Å². The van der Waals surface area contributed by atoms with Gasteiger partial charge in [0.05, 0.1) is 26.5 Å². The molecule has 1 aromatic carbocycles. The number of rotatable bonds is 5. The lowest BCUT2D eigenvalue weighted by molar-refractivity contribution is 0.395. The number of aromatic nitrogens is 2. The van der Waals surface area contributed by atoms with Gasteiger partial charge in [0.2, 0.25) is 0 Å². The van der Waals surface area contributed by atoms with Crippen molar-refractivity contribution in [3.63, 3.8) is 0 Å². The molecule has 1 unspecified atom stereocenters. The predicted octanol–water partition coefficient (Wildman–Crippen LogP) is 1.75. The van der Waals surface area contributed by atoms with Crippen molar-refractivity contribution in [1.29, 1.82) is 0 Å². The molecule has 0 bridgehead atoms. The Bertz CT molecular complexity index is 551. The Balaban J connectivity index is 2.47. The number of nitrogens with one attached hydrogen (secondary N) is 1. The summed E-state index contributed by atoms with van der Waals surface area (Å²) in [4.78, 5) is 0. The van der Waals surface area contributed by atoms with Crippen molar-refractivity contribution in [1.82, 2.24) is 15.1 Å². The molecule has 0 spiro atoms. The maximum absolute atomic E-state index is 5.43. The molecule has 0 fully saturated rings. The zero-order chi connectivity index (χ0) is 13.8. The van der Waals surface area contributed by atoms with Crippen LogP contribution in [0.5, 0.6) is 11.5 Å². The molecular formula is C14H19N3O2. The summed E-state index contributed by atoms with van der Waals surface area (Å²) in [6.45, 7) is 0. The van der Waals surface area contributed by atoms with Gasteiger partial charge in [0.15, 0.2) is 0 Å². The van der Waals surface area contributed by atoms with Gasteiger partial charge in [-0.3, -0.25) is 4.68 Å². The second-order valence-electron chi connectivity index (χ2n) is 4.28. The maximum Gasteiger partial charge on any atom is 0.124 e. The second kappa shape index (κ2) is 5.75. The number of aryl methyl sites for hydroxylation is 1. The first-order valence-corrected chi connectivity index (χ1v) is 6.07. The zero-order valence-corrected chi connectivity index (χ0v) is 11.7. The molecule has 19 heavy (non-hydrogen) atoms. The van der Waals surface area contributed by atoms with Crippen molar-refractivity contribution >= 4 is 0 Å². The fourth-order valence-corrected chi connectivity index (χ4v) is 2.16. The van der Waals surface area contributed by atoms with E-state index in [-0.39, 0.29) is 6.04 Å². The van der Waals surface area contributed by atoms with Gasteiger partial charge in [0.25, 0.3) is 0 Å². The minimum Gasteiger partial charge on any atom is -0.497 e. The van der Waals surface area contributed by atoms with E-state index in [1.807, 2.05) is 44.7 Å². The maximum atomic E-state index is 5.43. The summed E-state index contributed by atoms with van der Waals surface area (Å²) in [6.07, 6.45) is 3.83. The van der Waals surface area contributed by atoms with Crippen molar-refractivity contribution in [2.75, 3.05) is 21.3 Å². The molecule has 5 heteroatoms. The normalized spacial score (nSPS) is 12.2. The van der Waals surface area contributed by atoms with Gasteiger partial charge >= 0.3 is 0 Å². The minimum atomic E-state index is 0.0127. The molecule has 5 nitrogen and oxygen atoms in total. The molecule has 0 radical (unpaired) electrons. The molecule has 1 atom stereocenters. The first-order valence-electron chi connectivity index (χ1n) is 6.07. The van der Waals surface area contributed by atoms with Crippen molar-refractivity contribution in [2.24, 2.45) is 7.05 Å². The Morgan fingerprint density at radius 1 is 1.26 bits per heavy atom. The zero-order valence-electron chi connectivity index (χ0n) is 11.7. The van der Waals surface area contributed by atoms with Crippen molar-refractivity contribution in [2.45, 2.75) is 6.04 Å². The molecule has 0 saturated carbocycles. The lowest BCUT2D eigenvalue weighted by Crippen LogP contribution is -2.18. The van der Waals surface area contributed by atoms with Gasteiger partial charge in [0.1, 0.15) is 11.5 Å². The molecule has 2 aromatic rings. The van der Waals surface area contributed by atoms with Crippen LogP contribution in [0.15, 0.2) is 30.6 Å². The molecular weight excluding hydrogens is 242 g/mol. The lowest BCUT2D eigenvalue weighted by atomic mass is 10.0. The third kappa shape index (κ3) is 2.71. The van der Waals surface area contributed by atoms with E-state index in [9.17, 15) is 0 Å². The summed E-state index contributed by atoms with van der Waals surface area (Å²) in [5.41, 5.74) is 2.11. The van der Waals surface area contributed by atoms with E-state index in [2.05, 4.69) is 10.4 Å². The molecule has 1 heterocycles. The Morgan fingerprint density at radius 2 is 2.05 bits per heavy atom. The summed E-state index contributed by atoms with van der Waals surface area (Å²) in [6, 6.07) is 5.79. The van der Waals surface area contributed by atoms with Crippen LogP contribution in [-0.2, 0) is 7.05 Å². The van der Waals surface area contributed by atoms with Crippen LogP contribution in [-0.4, -0.2) is 31.0 Å². The van der Waals surface area contributed by atoms with Gasteiger partial charge in [-0.1, -0.05) is 0 Å². The van der Waals surface area contributed by atoms with Gasteiger partial charge in [0, 0.05) is 24.4 Å². The average Bonchev–Trinajstić information content (AvgIpc) is 2.86. The quantitative estimate of drug-likeness (QED) is 0.890.